The van der Waals surface area contributed by atoms with E-state index < -0.39 is 0 Å². The summed E-state index contributed by atoms with van der Waals surface area (Å²) in [6.07, 6.45) is 0. The molecule has 0 amide bonds. The Morgan fingerprint density at radius 2 is 2.25 bits per heavy atom. The molecule has 0 atom stereocenters. The number of benzene rings is 1. The zero-order chi connectivity index (χ0) is 8.97. The van der Waals surface area contributed by atoms with Crippen molar-refractivity contribution in [2.24, 2.45) is 0 Å². The normalized spacial score (nSPS) is 9.83. The number of anilines is 2. The number of nitrogen functional groups attached to an aromatic ring is 1. The van der Waals surface area contributed by atoms with E-state index in [4.69, 9.17) is 10.8 Å². The van der Waals surface area contributed by atoms with Gasteiger partial charge in [0.05, 0.1) is 6.61 Å². The Morgan fingerprint density at radius 3 is 2.83 bits per heavy atom. The lowest BCUT2D eigenvalue weighted by Crippen LogP contribution is -2.05. The molecule has 0 aliphatic rings. The number of aryl methyl sites for hydroxylation is 1. The third-order valence-corrected chi connectivity index (χ3v) is 1.72. The highest BCUT2D eigenvalue weighted by Crippen LogP contribution is 2.16. The van der Waals surface area contributed by atoms with Crippen molar-refractivity contribution in [1.82, 2.24) is 0 Å². The van der Waals surface area contributed by atoms with Crippen LogP contribution in [0.3, 0.4) is 0 Å². The summed E-state index contributed by atoms with van der Waals surface area (Å²) in [4.78, 5) is 0. The molecule has 0 radical (unpaired) electrons. The molecule has 1 aromatic carbocycles. The number of aliphatic hydroxyl groups is 1. The van der Waals surface area contributed by atoms with Crippen molar-refractivity contribution in [2.75, 3.05) is 24.2 Å². The average Bonchev–Trinajstić information content (AvgIpc) is 2.07. The zero-order valence-electron chi connectivity index (χ0n) is 7.17. The molecule has 1 aromatic rings. The summed E-state index contributed by atoms with van der Waals surface area (Å²) in [6.45, 7) is 2.65. The Hall–Kier alpha value is -1.22. The first-order valence-corrected chi connectivity index (χ1v) is 3.95. The van der Waals surface area contributed by atoms with Crippen LogP contribution in [0.2, 0.25) is 0 Å². The fourth-order valence-electron chi connectivity index (χ4n) is 0.951. The van der Waals surface area contributed by atoms with Crippen LogP contribution in [0.15, 0.2) is 18.2 Å². The molecule has 3 nitrogen and oxygen atoms in total. The lowest BCUT2D eigenvalue weighted by Gasteiger charge is -2.06. The Morgan fingerprint density at radius 1 is 1.50 bits per heavy atom. The highest BCUT2D eigenvalue weighted by Gasteiger charge is 1.94. The molecule has 0 fully saturated rings. The molecule has 0 bridgehead atoms. The fourth-order valence-corrected chi connectivity index (χ4v) is 0.951. The van der Waals surface area contributed by atoms with Crippen molar-refractivity contribution in [1.29, 1.82) is 0 Å². The SMILES string of the molecule is Cc1ccc(NCCO)cc1N. The maximum atomic E-state index is 8.56. The minimum absolute atomic E-state index is 0.133. The van der Waals surface area contributed by atoms with Gasteiger partial charge in [-0.05, 0) is 24.6 Å². The van der Waals surface area contributed by atoms with Crippen molar-refractivity contribution in [3.8, 4) is 0 Å². The second-order valence-electron chi connectivity index (χ2n) is 2.72. The maximum absolute atomic E-state index is 8.56. The number of aliphatic hydroxyl groups excluding tert-OH is 1. The summed E-state index contributed by atoms with van der Waals surface area (Å²) in [6, 6.07) is 5.77. The van der Waals surface area contributed by atoms with Crippen LogP contribution in [0.5, 0.6) is 0 Å². The van der Waals surface area contributed by atoms with E-state index in [-0.39, 0.29) is 6.61 Å². The van der Waals surface area contributed by atoms with E-state index in [9.17, 15) is 0 Å². The molecular weight excluding hydrogens is 152 g/mol. The van der Waals surface area contributed by atoms with Crippen LogP contribution in [0.25, 0.3) is 0 Å². The fraction of sp³-hybridized carbons (Fsp3) is 0.333. The van der Waals surface area contributed by atoms with E-state index in [0.717, 1.165) is 16.9 Å². The Balaban J connectivity index is 2.69. The number of hydrogen-bond acceptors (Lipinski definition) is 3. The summed E-state index contributed by atoms with van der Waals surface area (Å²) >= 11 is 0. The first-order valence-electron chi connectivity index (χ1n) is 3.95. The first kappa shape index (κ1) is 8.87. The molecule has 4 N–H and O–H groups in total. The third-order valence-electron chi connectivity index (χ3n) is 1.72. The molecule has 12 heavy (non-hydrogen) atoms. The van der Waals surface area contributed by atoms with Gasteiger partial charge in [0.1, 0.15) is 0 Å². The summed E-state index contributed by atoms with van der Waals surface area (Å²) in [7, 11) is 0. The van der Waals surface area contributed by atoms with E-state index in [1.807, 2.05) is 25.1 Å². The standard InChI is InChI=1S/C9H14N2O/c1-7-2-3-8(6-9(7)10)11-4-5-12/h2-3,6,11-12H,4-5,10H2,1H3. The molecular formula is C9H14N2O. The van der Waals surface area contributed by atoms with Crippen molar-refractivity contribution < 1.29 is 5.11 Å². The predicted molar refractivity (Wildman–Crippen MR) is 51.2 cm³/mol. The van der Waals surface area contributed by atoms with Crippen LogP contribution in [0.4, 0.5) is 11.4 Å². The van der Waals surface area contributed by atoms with Gasteiger partial charge in [-0.2, -0.15) is 0 Å². The Kier molecular flexibility index (Phi) is 2.94. The quantitative estimate of drug-likeness (QED) is 0.587. The van der Waals surface area contributed by atoms with Crippen molar-refractivity contribution in [3.63, 3.8) is 0 Å². The van der Waals surface area contributed by atoms with Gasteiger partial charge in [0.15, 0.2) is 0 Å². The predicted octanol–water partition coefficient (Wildman–Crippen LogP) is 0.981. The number of rotatable bonds is 3. The van der Waals surface area contributed by atoms with Gasteiger partial charge < -0.3 is 16.2 Å². The van der Waals surface area contributed by atoms with Gasteiger partial charge in [-0.15, -0.1) is 0 Å². The third kappa shape index (κ3) is 2.13. The van der Waals surface area contributed by atoms with Gasteiger partial charge >= 0.3 is 0 Å². The molecule has 0 aromatic heterocycles. The first-order chi connectivity index (χ1) is 5.74. The van der Waals surface area contributed by atoms with Crippen molar-refractivity contribution >= 4 is 11.4 Å². The van der Waals surface area contributed by atoms with Gasteiger partial charge in [0, 0.05) is 17.9 Å². The van der Waals surface area contributed by atoms with Gasteiger partial charge in [0.25, 0.3) is 0 Å². The van der Waals surface area contributed by atoms with E-state index in [0.29, 0.717) is 6.54 Å². The summed E-state index contributed by atoms with van der Waals surface area (Å²) in [5, 5.41) is 11.6. The lowest BCUT2D eigenvalue weighted by molar-refractivity contribution is 0.311. The monoisotopic (exact) mass is 166 g/mol. The van der Waals surface area contributed by atoms with Gasteiger partial charge in [-0.1, -0.05) is 6.07 Å². The molecule has 0 aliphatic carbocycles. The second-order valence-corrected chi connectivity index (χ2v) is 2.72. The van der Waals surface area contributed by atoms with E-state index >= 15 is 0 Å². The highest BCUT2D eigenvalue weighted by molar-refractivity contribution is 5.58. The van der Waals surface area contributed by atoms with Gasteiger partial charge in [0.2, 0.25) is 0 Å². The molecule has 0 saturated heterocycles. The van der Waals surface area contributed by atoms with E-state index in [1.165, 1.54) is 0 Å². The topological polar surface area (TPSA) is 58.3 Å². The van der Waals surface area contributed by atoms with E-state index in [2.05, 4.69) is 5.32 Å². The highest BCUT2D eigenvalue weighted by atomic mass is 16.3. The number of hydrogen-bond donors (Lipinski definition) is 3. The molecule has 0 aliphatic heterocycles. The Bertz CT molecular complexity index is 261. The lowest BCUT2D eigenvalue weighted by atomic mass is 10.2. The van der Waals surface area contributed by atoms with Crippen LogP contribution in [0.1, 0.15) is 5.56 Å². The molecule has 0 spiro atoms. The average molecular weight is 166 g/mol. The second kappa shape index (κ2) is 3.97. The van der Waals surface area contributed by atoms with Crippen LogP contribution in [-0.4, -0.2) is 18.3 Å². The maximum Gasteiger partial charge on any atom is 0.0604 e. The van der Waals surface area contributed by atoms with Gasteiger partial charge in [-0.25, -0.2) is 0 Å². The molecule has 3 heteroatoms. The molecule has 0 heterocycles. The number of nitrogens with one attached hydrogen (secondary N) is 1. The zero-order valence-corrected chi connectivity index (χ0v) is 7.17. The summed E-state index contributed by atoms with van der Waals surface area (Å²) < 4.78 is 0. The van der Waals surface area contributed by atoms with Crippen LogP contribution in [0, 0.1) is 6.92 Å². The smallest absolute Gasteiger partial charge is 0.0604 e. The van der Waals surface area contributed by atoms with Crippen LogP contribution in [-0.2, 0) is 0 Å². The molecule has 0 unspecified atom stereocenters. The van der Waals surface area contributed by atoms with Crippen molar-refractivity contribution in [2.45, 2.75) is 6.92 Å². The van der Waals surface area contributed by atoms with Gasteiger partial charge in [-0.3, -0.25) is 0 Å². The van der Waals surface area contributed by atoms with Crippen LogP contribution >= 0.6 is 0 Å². The van der Waals surface area contributed by atoms with E-state index in [1.54, 1.807) is 0 Å². The Labute approximate surface area is 72.2 Å². The number of nitrogens with two attached hydrogens (primary N) is 1. The van der Waals surface area contributed by atoms with Crippen molar-refractivity contribution in [3.05, 3.63) is 23.8 Å². The molecule has 66 valence electrons. The summed E-state index contributed by atoms with van der Waals surface area (Å²) in [5.41, 5.74) is 8.49. The van der Waals surface area contributed by atoms with Crippen LogP contribution < -0.4 is 11.1 Å². The summed E-state index contributed by atoms with van der Waals surface area (Å²) in [5.74, 6) is 0. The molecule has 1 rings (SSSR count). The minimum atomic E-state index is 0.133. The largest absolute Gasteiger partial charge is 0.398 e. The minimum Gasteiger partial charge on any atom is -0.398 e. The molecule has 0 saturated carbocycles.